The minimum atomic E-state index is -0.589. The molecule has 0 spiro atoms. The summed E-state index contributed by atoms with van der Waals surface area (Å²) in [5.41, 5.74) is -0.311. The van der Waals surface area contributed by atoms with Crippen molar-refractivity contribution in [3.05, 3.63) is 49.6 Å². The van der Waals surface area contributed by atoms with E-state index >= 15 is 0 Å². The van der Waals surface area contributed by atoms with Crippen LogP contribution in [0.1, 0.15) is 33.7 Å². The Hall–Kier alpha value is -3.14. The second kappa shape index (κ2) is 7.03. The standard InChI is InChI=1S/C18H19ClN6O4/c1-22-14-13(16(28)23(2)18(22)29)25(17(19)21-14)9-12(26)10-7-11(20-8-10)15(27)24-5-3-4-6-24/h7-8,20H,3-6,9H2,1-2H3. The topological polar surface area (TPSA) is 115 Å². The number of hydrogen-bond acceptors (Lipinski definition) is 5. The maximum absolute atomic E-state index is 12.8. The van der Waals surface area contributed by atoms with Gasteiger partial charge in [-0.15, -0.1) is 0 Å². The lowest BCUT2D eigenvalue weighted by atomic mass is 10.2. The van der Waals surface area contributed by atoms with Gasteiger partial charge in [0.05, 0.1) is 6.54 Å². The van der Waals surface area contributed by atoms with Crippen molar-refractivity contribution in [2.24, 2.45) is 14.1 Å². The Kier molecular flexibility index (Phi) is 4.65. The van der Waals surface area contributed by atoms with Gasteiger partial charge >= 0.3 is 5.69 Å². The maximum Gasteiger partial charge on any atom is 0.332 e. The van der Waals surface area contributed by atoms with E-state index in [1.165, 1.54) is 35.5 Å². The summed E-state index contributed by atoms with van der Waals surface area (Å²) >= 11 is 6.16. The first kappa shape index (κ1) is 19.2. The Morgan fingerprint density at radius 1 is 1.17 bits per heavy atom. The number of halogens is 1. The fourth-order valence-electron chi connectivity index (χ4n) is 3.57. The molecule has 0 saturated carbocycles. The minimum Gasteiger partial charge on any atom is -0.356 e. The number of rotatable bonds is 4. The molecule has 10 nitrogen and oxygen atoms in total. The number of nitrogens with zero attached hydrogens (tertiary/aromatic N) is 5. The van der Waals surface area contributed by atoms with Crippen LogP contribution in [-0.2, 0) is 20.6 Å². The monoisotopic (exact) mass is 418 g/mol. The number of imidazole rings is 1. The highest BCUT2D eigenvalue weighted by Crippen LogP contribution is 2.18. The summed E-state index contributed by atoms with van der Waals surface area (Å²) in [6, 6.07) is 1.50. The van der Waals surface area contributed by atoms with Crippen LogP contribution < -0.4 is 11.2 Å². The van der Waals surface area contributed by atoms with Gasteiger partial charge in [0.2, 0.25) is 5.28 Å². The molecule has 1 N–H and O–H groups in total. The predicted octanol–water partition coefficient (Wildman–Crippen LogP) is 0.534. The molecular formula is C18H19ClN6O4. The summed E-state index contributed by atoms with van der Waals surface area (Å²) in [5.74, 6) is -0.490. The summed E-state index contributed by atoms with van der Waals surface area (Å²) in [4.78, 5) is 58.5. The molecule has 3 aromatic heterocycles. The zero-order valence-electron chi connectivity index (χ0n) is 15.9. The van der Waals surface area contributed by atoms with Crippen LogP contribution in [-0.4, -0.2) is 53.3 Å². The largest absolute Gasteiger partial charge is 0.356 e. The van der Waals surface area contributed by atoms with E-state index in [1.807, 2.05) is 0 Å². The summed E-state index contributed by atoms with van der Waals surface area (Å²) in [5, 5.41) is -0.0736. The number of carbonyl (C=O) groups excluding carboxylic acids is 2. The number of likely N-dealkylation sites (tertiary alicyclic amines) is 1. The molecule has 4 rings (SSSR count). The third kappa shape index (κ3) is 3.09. The molecule has 152 valence electrons. The van der Waals surface area contributed by atoms with Crippen molar-refractivity contribution in [2.75, 3.05) is 13.1 Å². The van der Waals surface area contributed by atoms with Crippen LogP contribution in [0.2, 0.25) is 5.28 Å². The molecule has 1 aliphatic heterocycles. The molecule has 1 aliphatic rings. The highest BCUT2D eigenvalue weighted by Gasteiger charge is 2.23. The number of nitrogens with one attached hydrogen (secondary N) is 1. The van der Waals surface area contributed by atoms with Gasteiger partial charge in [-0.05, 0) is 30.5 Å². The van der Waals surface area contributed by atoms with Crippen LogP contribution in [0.25, 0.3) is 11.2 Å². The van der Waals surface area contributed by atoms with E-state index in [1.54, 1.807) is 4.90 Å². The molecule has 0 unspecified atom stereocenters. The van der Waals surface area contributed by atoms with E-state index in [-0.39, 0.29) is 34.7 Å². The summed E-state index contributed by atoms with van der Waals surface area (Å²) in [6.45, 7) is 1.16. The van der Waals surface area contributed by atoms with Crippen molar-refractivity contribution in [3.8, 4) is 0 Å². The number of aromatic nitrogens is 5. The SMILES string of the molecule is Cn1c(=O)c2c(nc(Cl)n2CC(=O)c2c[nH]c(C(=O)N3CCCC3)c2)n(C)c1=O. The van der Waals surface area contributed by atoms with Crippen LogP contribution in [0.3, 0.4) is 0 Å². The average Bonchev–Trinajstić information content (AvgIpc) is 3.45. The van der Waals surface area contributed by atoms with Gasteiger partial charge in [0.1, 0.15) is 5.69 Å². The number of amides is 1. The van der Waals surface area contributed by atoms with E-state index in [4.69, 9.17) is 11.6 Å². The van der Waals surface area contributed by atoms with Crippen molar-refractivity contribution in [3.63, 3.8) is 0 Å². The van der Waals surface area contributed by atoms with E-state index in [0.29, 0.717) is 24.3 Å². The number of fused-ring (bicyclic) bond motifs is 1. The Morgan fingerprint density at radius 3 is 2.55 bits per heavy atom. The van der Waals surface area contributed by atoms with Crippen LogP contribution in [0.5, 0.6) is 0 Å². The van der Waals surface area contributed by atoms with Crippen LogP contribution >= 0.6 is 11.6 Å². The number of ketones is 1. The summed E-state index contributed by atoms with van der Waals surface area (Å²) in [6.07, 6.45) is 3.41. The number of aromatic amines is 1. The molecule has 1 saturated heterocycles. The summed E-state index contributed by atoms with van der Waals surface area (Å²) < 4.78 is 3.41. The molecule has 0 bridgehead atoms. The molecule has 0 atom stereocenters. The first-order valence-electron chi connectivity index (χ1n) is 9.12. The predicted molar refractivity (Wildman–Crippen MR) is 105 cm³/mol. The lowest BCUT2D eigenvalue weighted by Crippen LogP contribution is -2.37. The molecule has 3 aromatic rings. The minimum absolute atomic E-state index is 0.0665. The van der Waals surface area contributed by atoms with Crippen molar-refractivity contribution in [2.45, 2.75) is 19.4 Å². The molecular weight excluding hydrogens is 400 g/mol. The smallest absolute Gasteiger partial charge is 0.332 e. The fraction of sp³-hybridized carbons (Fsp3) is 0.389. The first-order chi connectivity index (χ1) is 13.8. The first-order valence-corrected chi connectivity index (χ1v) is 9.50. The van der Waals surface area contributed by atoms with Crippen molar-refractivity contribution in [1.82, 2.24) is 28.6 Å². The zero-order valence-corrected chi connectivity index (χ0v) is 16.7. The van der Waals surface area contributed by atoms with Crippen LogP contribution in [0.15, 0.2) is 21.9 Å². The Morgan fingerprint density at radius 2 is 1.86 bits per heavy atom. The molecule has 4 heterocycles. The van der Waals surface area contributed by atoms with E-state index < -0.39 is 11.2 Å². The van der Waals surface area contributed by atoms with Gasteiger partial charge in [0, 0.05) is 38.9 Å². The maximum atomic E-state index is 12.8. The third-order valence-electron chi connectivity index (χ3n) is 5.23. The number of hydrogen-bond donors (Lipinski definition) is 1. The summed E-state index contributed by atoms with van der Waals surface area (Å²) in [7, 11) is 2.82. The Bertz CT molecular complexity index is 1260. The Balaban J connectivity index is 1.67. The van der Waals surface area contributed by atoms with Gasteiger partial charge < -0.3 is 14.5 Å². The van der Waals surface area contributed by atoms with Crippen molar-refractivity contribution in [1.29, 1.82) is 0 Å². The third-order valence-corrected chi connectivity index (χ3v) is 5.52. The molecule has 1 amide bonds. The highest BCUT2D eigenvalue weighted by atomic mass is 35.5. The van der Waals surface area contributed by atoms with E-state index in [2.05, 4.69) is 9.97 Å². The average molecular weight is 419 g/mol. The van der Waals surface area contributed by atoms with Gasteiger partial charge in [-0.3, -0.25) is 23.5 Å². The van der Waals surface area contributed by atoms with Gasteiger partial charge in [0.25, 0.3) is 11.5 Å². The van der Waals surface area contributed by atoms with Crippen molar-refractivity contribution < 1.29 is 9.59 Å². The number of carbonyl (C=O) groups is 2. The van der Waals surface area contributed by atoms with Gasteiger partial charge in [0.15, 0.2) is 16.9 Å². The molecule has 11 heteroatoms. The van der Waals surface area contributed by atoms with Crippen molar-refractivity contribution >= 4 is 34.5 Å². The molecule has 1 fully saturated rings. The Labute approximate surface area is 169 Å². The lowest BCUT2D eigenvalue weighted by Gasteiger charge is -2.13. The van der Waals surface area contributed by atoms with Gasteiger partial charge in [-0.1, -0.05) is 0 Å². The number of aryl methyl sites for hydroxylation is 1. The normalized spacial score (nSPS) is 14.1. The molecule has 0 aromatic carbocycles. The van der Waals surface area contributed by atoms with Gasteiger partial charge in [-0.25, -0.2) is 4.79 Å². The molecule has 0 aliphatic carbocycles. The molecule has 29 heavy (non-hydrogen) atoms. The zero-order chi connectivity index (χ0) is 20.9. The highest BCUT2D eigenvalue weighted by molar-refractivity contribution is 6.29. The van der Waals surface area contributed by atoms with Crippen LogP contribution in [0.4, 0.5) is 0 Å². The van der Waals surface area contributed by atoms with Crippen LogP contribution in [0, 0.1) is 0 Å². The van der Waals surface area contributed by atoms with E-state index in [9.17, 15) is 19.2 Å². The number of H-pyrrole nitrogens is 1. The molecule has 0 radical (unpaired) electrons. The second-order valence-electron chi connectivity index (χ2n) is 7.07. The fourth-order valence-corrected chi connectivity index (χ4v) is 3.79. The second-order valence-corrected chi connectivity index (χ2v) is 7.41. The lowest BCUT2D eigenvalue weighted by molar-refractivity contribution is 0.0787. The quantitative estimate of drug-likeness (QED) is 0.490. The number of Topliss-reactive ketones (excluding diaryl/α,β-unsaturated/α-hetero) is 1. The van der Waals surface area contributed by atoms with Gasteiger partial charge in [-0.2, -0.15) is 4.98 Å². The van der Waals surface area contributed by atoms with E-state index in [0.717, 1.165) is 17.4 Å².